The van der Waals surface area contributed by atoms with Crippen molar-refractivity contribution in [2.24, 2.45) is 5.92 Å². The summed E-state index contributed by atoms with van der Waals surface area (Å²) in [6.07, 6.45) is 9.03. The Labute approximate surface area is 155 Å². The fourth-order valence-electron chi connectivity index (χ4n) is 4.71. The minimum Gasteiger partial charge on any atom is -0.299 e. The Kier molecular flexibility index (Phi) is 5.58. The minimum atomic E-state index is -0.105. The van der Waals surface area contributed by atoms with Gasteiger partial charge in [-0.25, -0.2) is 0 Å². The molecule has 0 bridgehead atoms. The molecule has 0 N–H and O–H groups in total. The molecule has 24 heavy (non-hydrogen) atoms. The summed E-state index contributed by atoms with van der Waals surface area (Å²) < 4.78 is 0. The van der Waals surface area contributed by atoms with E-state index in [2.05, 4.69) is 11.0 Å². The highest BCUT2D eigenvalue weighted by molar-refractivity contribution is 6.42. The average molecular weight is 368 g/mol. The van der Waals surface area contributed by atoms with Crippen molar-refractivity contribution < 1.29 is 4.79 Å². The predicted octanol–water partition coefficient (Wildman–Crippen LogP) is 5.49. The van der Waals surface area contributed by atoms with E-state index < -0.39 is 0 Å². The molecule has 1 aromatic carbocycles. The molecule has 2 saturated carbocycles. The molecule has 4 heteroatoms. The van der Waals surface area contributed by atoms with Crippen LogP contribution in [-0.4, -0.2) is 30.8 Å². The standard InChI is InChI=1S/C20H27Cl2NO/c1-23(2)19(18(24)14-7-4-3-5-8-14)20(11-6-12-20)15-9-10-16(21)17(22)13-15/h9-10,13-14,19H,3-8,11-12H2,1-2H3. The number of hydrogen-bond acceptors (Lipinski definition) is 2. The van der Waals surface area contributed by atoms with Crippen LogP contribution in [0.3, 0.4) is 0 Å². The number of nitrogens with zero attached hydrogens (tertiary/aromatic N) is 1. The Morgan fingerprint density at radius 1 is 1.08 bits per heavy atom. The zero-order chi connectivity index (χ0) is 17.3. The van der Waals surface area contributed by atoms with E-state index in [4.69, 9.17) is 23.2 Å². The summed E-state index contributed by atoms with van der Waals surface area (Å²) in [7, 11) is 4.09. The van der Waals surface area contributed by atoms with E-state index in [1.807, 2.05) is 26.2 Å². The molecule has 1 atom stereocenters. The molecule has 0 aliphatic heterocycles. The number of carbonyl (C=O) groups excluding carboxylic acids is 1. The molecule has 1 unspecified atom stereocenters. The van der Waals surface area contributed by atoms with Gasteiger partial charge in [0.25, 0.3) is 0 Å². The molecular formula is C20H27Cl2NO. The summed E-state index contributed by atoms with van der Waals surface area (Å²) in [5.41, 5.74) is 1.07. The van der Waals surface area contributed by atoms with Gasteiger partial charge < -0.3 is 0 Å². The van der Waals surface area contributed by atoms with Crippen LogP contribution in [0, 0.1) is 5.92 Å². The second-order valence-corrected chi connectivity index (χ2v) is 8.56. The van der Waals surface area contributed by atoms with Crippen LogP contribution >= 0.6 is 23.2 Å². The van der Waals surface area contributed by atoms with Crippen molar-refractivity contribution >= 4 is 29.0 Å². The summed E-state index contributed by atoms with van der Waals surface area (Å²) in [4.78, 5) is 15.5. The summed E-state index contributed by atoms with van der Waals surface area (Å²) in [5, 5.41) is 1.16. The van der Waals surface area contributed by atoms with Gasteiger partial charge in [0.05, 0.1) is 16.1 Å². The molecule has 0 spiro atoms. The first-order valence-electron chi connectivity index (χ1n) is 9.11. The number of rotatable bonds is 5. The third kappa shape index (κ3) is 3.25. The largest absolute Gasteiger partial charge is 0.299 e. The van der Waals surface area contributed by atoms with E-state index in [0.717, 1.165) is 25.7 Å². The minimum absolute atomic E-state index is 0.0633. The Morgan fingerprint density at radius 3 is 2.25 bits per heavy atom. The maximum absolute atomic E-state index is 13.4. The highest BCUT2D eigenvalue weighted by Gasteiger charge is 2.50. The highest BCUT2D eigenvalue weighted by atomic mass is 35.5. The van der Waals surface area contributed by atoms with Gasteiger partial charge in [0, 0.05) is 11.3 Å². The van der Waals surface area contributed by atoms with Gasteiger partial charge in [-0.15, -0.1) is 0 Å². The van der Waals surface area contributed by atoms with E-state index in [1.165, 1.54) is 31.2 Å². The fraction of sp³-hybridized carbons (Fsp3) is 0.650. The number of hydrogen-bond donors (Lipinski definition) is 0. The summed E-state index contributed by atoms with van der Waals surface area (Å²) in [6, 6.07) is 5.86. The van der Waals surface area contributed by atoms with Crippen LogP contribution in [0.2, 0.25) is 10.0 Å². The lowest BCUT2D eigenvalue weighted by molar-refractivity contribution is -0.132. The van der Waals surface area contributed by atoms with Crippen LogP contribution in [0.4, 0.5) is 0 Å². The lowest BCUT2D eigenvalue weighted by atomic mass is 9.57. The predicted molar refractivity (Wildman–Crippen MR) is 101 cm³/mol. The van der Waals surface area contributed by atoms with Crippen LogP contribution in [-0.2, 0) is 10.2 Å². The first kappa shape index (κ1) is 18.2. The van der Waals surface area contributed by atoms with Gasteiger partial charge in [-0.05, 0) is 57.5 Å². The lowest BCUT2D eigenvalue weighted by Crippen LogP contribution is -2.57. The molecule has 132 valence electrons. The van der Waals surface area contributed by atoms with Crippen molar-refractivity contribution in [3.8, 4) is 0 Å². The van der Waals surface area contributed by atoms with Gasteiger partial charge in [0.1, 0.15) is 0 Å². The second-order valence-electron chi connectivity index (χ2n) is 7.74. The van der Waals surface area contributed by atoms with E-state index in [9.17, 15) is 4.79 Å². The number of halogens is 2. The SMILES string of the molecule is CN(C)C(C(=O)C1CCCCC1)C1(c2ccc(Cl)c(Cl)c2)CCC1. The van der Waals surface area contributed by atoms with Crippen molar-refractivity contribution in [3.63, 3.8) is 0 Å². The second kappa shape index (κ2) is 7.35. The molecule has 2 aliphatic carbocycles. The Bertz CT molecular complexity index is 604. The Balaban J connectivity index is 1.95. The smallest absolute Gasteiger partial charge is 0.153 e. The van der Waals surface area contributed by atoms with Crippen LogP contribution in [0.15, 0.2) is 18.2 Å². The topological polar surface area (TPSA) is 20.3 Å². The molecule has 1 aromatic rings. The van der Waals surface area contributed by atoms with Gasteiger partial charge in [0.15, 0.2) is 5.78 Å². The van der Waals surface area contributed by atoms with Crippen molar-refractivity contribution in [3.05, 3.63) is 33.8 Å². The molecule has 0 aromatic heterocycles. The summed E-state index contributed by atoms with van der Waals surface area (Å²) >= 11 is 12.4. The van der Waals surface area contributed by atoms with Crippen molar-refractivity contribution in [1.82, 2.24) is 4.90 Å². The van der Waals surface area contributed by atoms with Crippen LogP contribution in [0.25, 0.3) is 0 Å². The first-order valence-corrected chi connectivity index (χ1v) is 9.87. The molecule has 3 rings (SSSR count). The quantitative estimate of drug-likeness (QED) is 0.685. The number of likely N-dealkylation sites (N-methyl/N-ethyl adjacent to an activating group) is 1. The lowest BCUT2D eigenvalue weighted by Gasteiger charge is -2.51. The van der Waals surface area contributed by atoms with Gasteiger partial charge in [0.2, 0.25) is 0 Å². The van der Waals surface area contributed by atoms with E-state index in [1.54, 1.807) is 0 Å². The summed E-state index contributed by atoms with van der Waals surface area (Å²) in [6.45, 7) is 0. The third-order valence-corrected chi connectivity index (χ3v) is 6.80. The van der Waals surface area contributed by atoms with Gasteiger partial charge in [-0.3, -0.25) is 9.69 Å². The zero-order valence-electron chi connectivity index (χ0n) is 14.7. The Hall–Kier alpha value is -0.570. The molecule has 2 fully saturated rings. The molecule has 0 saturated heterocycles. The highest BCUT2D eigenvalue weighted by Crippen LogP contribution is 2.50. The van der Waals surface area contributed by atoms with E-state index in [-0.39, 0.29) is 17.4 Å². The third-order valence-electron chi connectivity index (χ3n) is 6.06. The maximum atomic E-state index is 13.4. The van der Waals surface area contributed by atoms with Gasteiger partial charge in [-0.2, -0.15) is 0 Å². The number of ketones is 1. The number of carbonyl (C=O) groups is 1. The molecule has 0 amide bonds. The Morgan fingerprint density at radius 2 is 1.75 bits per heavy atom. The van der Waals surface area contributed by atoms with Crippen LogP contribution < -0.4 is 0 Å². The van der Waals surface area contributed by atoms with Crippen molar-refractivity contribution in [1.29, 1.82) is 0 Å². The normalized spacial score (nSPS) is 22.2. The average Bonchev–Trinajstić information content (AvgIpc) is 2.53. The fourth-order valence-corrected chi connectivity index (χ4v) is 5.01. The van der Waals surface area contributed by atoms with Crippen LogP contribution in [0.5, 0.6) is 0 Å². The first-order chi connectivity index (χ1) is 11.5. The number of Topliss-reactive ketones (excluding diaryl/α,β-unsaturated/α-hetero) is 1. The van der Waals surface area contributed by atoms with Crippen molar-refractivity contribution in [2.75, 3.05) is 14.1 Å². The molecule has 0 heterocycles. The number of benzene rings is 1. The molecular weight excluding hydrogens is 341 g/mol. The van der Waals surface area contributed by atoms with E-state index >= 15 is 0 Å². The molecule has 2 nitrogen and oxygen atoms in total. The van der Waals surface area contributed by atoms with Crippen molar-refractivity contribution in [2.45, 2.75) is 62.8 Å². The monoisotopic (exact) mass is 367 g/mol. The van der Waals surface area contributed by atoms with Gasteiger partial charge in [-0.1, -0.05) is 55.0 Å². The molecule has 2 aliphatic rings. The van der Waals surface area contributed by atoms with Gasteiger partial charge >= 0.3 is 0 Å². The maximum Gasteiger partial charge on any atom is 0.153 e. The van der Waals surface area contributed by atoms with Crippen LogP contribution in [0.1, 0.15) is 56.9 Å². The summed E-state index contributed by atoms with van der Waals surface area (Å²) in [5.74, 6) is 0.664. The molecule has 0 radical (unpaired) electrons. The zero-order valence-corrected chi connectivity index (χ0v) is 16.2. The van der Waals surface area contributed by atoms with E-state index in [0.29, 0.717) is 15.8 Å².